The lowest BCUT2D eigenvalue weighted by molar-refractivity contribution is -0.144. The number of carbonyl (C=O) groups is 2. The van der Waals surface area contributed by atoms with Crippen LogP contribution in [0.3, 0.4) is 0 Å². The topological polar surface area (TPSA) is 66.4 Å². The Hall–Kier alpha value is -1.49. The largest absolute Gasteiger partial charge is 0.480 e. The lowest BCUT2D eigenvalue weighted by Crippen LogP contribution is -2.56. The zero-order valence-electron chi connectivity index (χ0n) is 12.6. The van der Waals surface area contributed by atoms with Crippen LogP contribution < -0.4 is 5.32 Å². The number of hydrogen-bond donors (Lipinski definition) is 2. The van der Waals surface area contributed by atoms with Crippen molar-refractivity contribution < 1.29 is 14.7 Å². The first-order valence-electron chi connectivity index (χ1n) is 7.86. The van der Waals surface area contributed by atoms with Gasteiger partial charge in [-0.3, -0.25) is 4.79 Å². The maximum absolute atomic E-state index is 12.5. The Morgan fingerprint density at radius 2 is 1.77 bits per heavy atom. The van der Waals surface area contributed by atoms with Gasteiger partial charge in [0.1, 0.15) is 5.54 Å². The fraction of sp³-hybridized carbons (Fsp3) is 0.529. The molecule has 1 aliphatic carbocycles. The predicted octanol–water partition coefficient (Wildman–Crippen LogP) is 2.65. The first-order chi connectivity index (χ1) is 10.6. The van der Waals surface area contributed by atoms with Gasteiger partial charge >= 0.3 is 5.97 Å². The summed E-state index contributed by atoms with van der Waals surface area (Å²) < 4.78 is 0. The molecule has 0 unspecified atom stereocenters. The Labute approximate surface area is 134 Å². The van der Waals surface area contributed by atoms with Gasteiger partial charge in [0.25, 0.3) is 5.91 Å². The van der Waals surface area contributed by atoms with Crippen molar-refractivity contribution in [1.29, 1.82) is 0 Å². The number of carbonyl (C=O) groups excluding carboxylic acids is 1. The summed E-state index contributed by atoms with van der Waals surface area (Å²) in [5, 5.41) is 12.4. The molecule has 2 N–H and O–H groups in total. The highest BCUT2D eigenvalue weighted by atomic mass is 32.2. The summed E-state index contributed by atoms with van der Waals surface area (Å²) in [7, 11) is 0. The van der Waals surface area contributed by atoms with Gasteiger partial charge in [-0.15, -0.1) is 0 Å². The minimum Gasteiger partial charge on any atom is -0.480 e. The minimum atomic E-state index is -1.10. The molecule has 1 fully saturated rings. The molecule has 118 valence electrons. The molecular formula is C17H21NO3S. The molecule has 4 nitrogen and oxygen atoms in total. The van der Waals surface area contributed by atoms with Gasteiger partial charge in [-0.1, -0.05) is 6.07 Å². The van der Waals surface area contributed by atoms with Crippen molar-refractivity contribution in [2.45, 2.75) is 44.1 Å². The maximum atomic E-state index is 12.5. The molecule has 0 aromatic heterocycles. The molecule has 3 rings (SSSR count). The van der Waals surface area contributed by atoms with Gasteiger partial charge in [0.15, 0.2) is 0 Å². The lowest BCUT2D eigenvalue weighted by Gasteiger charge is -2.33. The Bertz CT molecular complexity index is 594. The van der Waals surface area contributed by atoms with Crippen molar-refractivity contribution in [3.05, 3.63) is 34.9 Å². The van der Waals surface area contributed by atoms with E-state index < -0.39 is 11.5 Å². The van der Waals surface area contributed by atoms with E-state index in [1.165, 1.54) is 17.5 Å². The first-order valence-corrected chi connectivity index (χ1v) is 9.02. The molecule has 22 heavy (non-hydrogen) atoms. The molecule has 1 aromatic rings. The lowest BCUT2D eigenvalue weighted by atomic mass is 9.89. The third-order valence-electron chi connectivity index (χ3n) is 4.72. The van der Waals surface area contributed by atoms with Crippen molar-refractivity contribution >= 4 is 23.6 Å². The van der Waals surface area contributed by atoms with E-state index >= 15 is 0 Å². The third kappa shape index (κ3) is 3.00. The van der Waals surface area contributed by atoms with E-state index in [2.05, 4.69) is 5.32 Å². The number of nitrogens with one attached hydrogen (secondary N) is 1. The van der Waals surface area contributed by atoms with Crippen LogP contribution in [-0.2, 0) is 17.6 Å². The van der Waals surface area contributed by atoms with Gasteiger partial charge in [-0.25, -0.2) is 4.79 Å². The second kappa shape index (κ2) is 6.32. The van der Waals surface area contributed by atoms with Crippen LogP contribution >= 0.6 is 11.8 Å². The third-order valence-corrected chi connectivity index (χ3v) is 5.70. The Kier molecular flexibility index (Phi) is 4.43. The summed E-state index contributed by atoms with van der Waals surface area (Å²) in [4.78, 5) is 24.2. The predicted molar refractivity (Wildman–Crippen MR) is 87.5 cm³/mol. The number of rotatable bonds is 3. The quantitative estimate of drug-likeness (QED) is 0.899. The molecule has 1 saturated heterocycles. The van der Waals surface area contributed by atoms with E-state index in [0.29, 0.717) is 18.4 Å². The number of aliphatic carboxylic acids is 1. The van der Waals surface area contributed by atoms with Crippen molar-refractivity contribution in [3.63, 3.8) is 0 Å². The number of thioether (sulfide) groups is 1. The standard InChI is InChI=1S/C17H21NO3S/c19-15(18-17(16(20)21)7-9-22-10-8-17)14-6-5-12-3-1-2-4-13(12)11-14/h5-6,11H,1-4,7-10H2,(H,18,19)(H,20,21). The average molecular weight is 319 g/mol. The number of fused-ring (bicyclic) bond motifs is 1. The molecule has 0 spiro atoms. The van der Waals surface area contributed by atoms with E-state index in [1.54, 1.807) is 11.8 Å². The van der Waals surface area contributed by atoms with Gasteiger partial charge in [0, 0.05) is 5.56 Å². The van der Waals surface area contributed by atoms with E-state index in [-0.39, 0.29) is 5.91 Å². The highest BCUT2D eigenvalue weighted by Crippen LogP contribution is 2.28. The number of amides is 1. The molecule has 0 saturated carbocycles. The maximum Gasteiger partial charge on any atom is 0.329 e. The Morgan fingerprint density at radius 1 is 1.09 bits per heavy atom. The minimum absolute atomic E-state index is 0.261. The number of aryl methyl sites for hydroxylation is 2. The van der Waals surface area contributed by atoms with E-state index in [4.69, 9.17) is 0 Å². The van der Waals surface area contributed by atoms with Crippen LogP contribution in [0.15, 0.2) is 18.2 Å². The second-order valence-corrected chi connectivity index (χ2v) is 7.37. The van der Waals surface area contributed by atoms with Crippen LogP contribution in [0.5, 0.6) is 0 Å². The molecule has 1 aromatic carbocycles. The molecule has 1 amide bonds. The molecule has 0 atom stereocenters. The first kappa shape index (κ1) is 15.4. The summed E-state index contributed by atoms with van der Waals surface area (Å²) >= 11 is 1.74. The summed E-state index contributed by atoms with van der Waals surface area (Å²) in [6, 6.07) is 5.79. The molecule has 1 heterocycles. The molecule has 0 bridgehead atoms. The van der Waals surface area contributed by atoms with Crippen LogP contribution in [0.4, 0.5) is 0 Å². The van der Waals surface area contributed by atoms with Gasteiger partial charge in [0.05, 0.1) is 0 Å². The number of hydrogen-bond acceptors (Lipinski definition) is 3. The molecule has 0 radical (unpaired) electrons. The summed E-state index contributed by atoms with van der Waals surface area (Å²) in [5.74, 6) is 0.370. The highest BCUT2D eigenvalue weighted by molar-refractivity contribution is 7.99. The van der Waals surface area contributed by atoms with Gasteiger partial charge < -0.3 is 10.4 Å². The average Bonchev–Trinajstić information content (AvgIpc) is 2.55. The van der Waals surface area contributed by atoms with Crippen LogP contribution in [0, 0.1) is 0 Å². The smallest absolute Gasteiger partial charge is 0.329 e. The Balaban J connectivity index is 1.79. The monoisotopic (exact) mass is 319 g/mol. The summed E-state index contributed by atoms with van der Waals surface area (Å²) in [6.45, 7) is 0. The van der Waals surface area contributed by atoms with Crippen LogP contribution in [0.25, 0.3) is 0 Å². The highest BCUT2D eigenvalue weighted by Gasteiger charge is 2.41. The van der Waals surface area contributed by atoms with Crippen LogP contribution in [0.2, 0.25) is 0 Å². The zero-order valence-corrected chi connectivity index (χ0v) is 13.4. The fourth-order valence-corrected chi connectivity index (χ4v) is 4.47. The summed E-state index contributed by atoms with van der Waals surface area (Å²) in [5.41, 5.74) is 2.05. The SMILES string of the molecule is O=C(NC1(C(=O)O)CCSCC1)c1ccc2c(c1)CCCC2. The van der Waals surface area contributed by atoms with Gasteiger partial charge in [-0.05, 0) is 73.3 Å². The van der Waals surface area contributed by atoms with E-state index in [9.17, 15) is 14.7 Å². The molecule has 1 aliphatic heterocycles. The molecule has 5 heteroatoms. The number of benzene rings is 1. The van der Waals surface area contributed by atoms with E-state index in [0.717, 1.165) is 30.8 Å². The van der Waals surface area contributed by atoms with Crippen molar-refractivity contribution in [1.82, 2.24) is 5.32 Å². The van der Waals surface area contributed by atoms with E-state index in [1.807, 2.05) is 18.2 Å². The van der Waals surface area contributed by atoms with Crippen molar-refractivity contribution in [2.24, 2.45) is 0 Å². The normalized spacial score (nSPS) is 20.0. The van der Waals surface area contributed by atoms with Crippen LogP contribution in [-0.4, -0.2) is 34.0 Å². The molecular weight excluding hydrogens is 298 g/mol. The van der Waals surface area contributed by atoms with Crippen molar-refractivity contribution in [2.75, 3.05) is 11.5 Å². The van der Waals surface area contributed by atoms with Crippen LogP contribution in [0.1, 0.15) is 47.2 Å². The Morgan fingerprint density at radius 3 is 2.45 bits per heavy atom. The van der Waals surface area contributed by atoms with Gasteiger partial charge in [-0.2, -0.15) is 11.8 Å². The zero-order chi connectivity index (χ0) is 15.6. The summed E-state index contributed by atoms with van der Waals surface area (Å²) in [6.07, 6.45) is 5.44. The number of carboxylic acids is 1. The van der Waals surface area contributed by atoms with Gasteiger partial charge in [0.2, 0.25) is 0 Å². The van der Waals surface area contributed by atoms with Crippen molar-refractivity contribution in [3.8, 4) is 0 Å². The fourth-order valence-electron chi connectivity index (χ4n) is 3.28. The second-order valence-electron chi connectivity index (χ2n) is 6.14. The number of carboxylic acid groups (broad SMARTS) is 1. The molecule has 2 aliphatic rings.